The van der Waals surface area contributed by atoms with Crippen molar-refractivity contribution in [2.45, 2.75) is 29.6 Å². The number of alkyl halides is 3. The molecule has 0 aliphatic carbocycles. The third-order valence-electron chi connectivity index (χ3n) is 2.73. The average Bonchev–Trinajstić information content (AvgIpc) is 2.46. The largest absolute Gasteiger partial charge is 0.416 e. The van der Waals surface area contributed by atoms with Crippen LogP contribution in [-0.2, 0) is 12.7 Å². The topological polar surface area (TPSA) is 37.8 Å². The molecule has 21 heavy (non-hydrogen) atoms. The quantitative estimate of drug-likeness (QED) is 0.853. The van der Waals surface area contributed by atoms with Gasteiger partial charge in [0.05, 0.1) is 5.56 Å². The molecule has 1 aromatic carbocycles. The number of benzene rings is 1. The van der Waals surface area contributed by atoms with Gasteiger partial charge in [0.25, 0.3) is 0 Å². The lowest BCUT2D eigenvalue weighted by atomic mass is 10.1. The van der Waals surface area contributed by atoms with Crippen LogP contribution in [0, 0.1) is 0 Å². The molecule has 0 saturated heterocycles. The minimum Gasteiger partial charge on any atom is -0.313 e. The first-order valence-corrected chi connectivity index (χ1v) is 7.17. The van der Waals surface area contributed by atoms with Gasteiger partial charge in [-0.15, -0.1) is 0 Å². The first kappa shape index (κ1) is 15.8. The summed E-state index contributed by atoms with van der Waals surface area (Å²) in [5.74, 6) is 0. The summed E-state index contributed by atoms with van der Waals surface area (Å²) in [7, 11) is 0. The molecule has 0 fully saturated rings. The minimum absolute atomic E-state index is 0.198. The number of halogens is 3. The van der Waals surface area contributed by atoms with Gasteiger partial charge in [0.2, 0.25) is 0 Å². The smallest absolute Gasteiger partial charge is 0.313 e. The summed E-state index contributed by atoms with van der Waals surface area (Å²) in [6.07, 6.45) is -1.45. The Balaban J connectivity index is 2.28. The molecule has 1 aromatic heterocycles. The lowest BCUT2D eigenvalue weighted by molar-refractivity contribution is -0.138. The summed E-state index contributed by atoms with van der Waals surface area (Å²) >= 11 is 1.18. The van der Waals surface area contributed by atoms with Gasteiger partial charge in [-0.2, -0.15) is 13.2 Å². The predicted octanol–water partition coefficient (Wildman–Crippen LogP) is 3.76. The number of rotatable bonds is 5. The van der Waals surface area contributed by atoms with Gasteiger partial charge in [-0.25, -0.2) is 9.97 Å². The Morgan fingerprint density at radius 1 is 1.24 bits per heavy atom. The highest BCUT2D eigenvalue weighted by Gasteiger charge is 2.33. The number of aromatic nitrogens is 2. The van der Waals surface area contributed by atoms with Crippen LogP contribution in [0.2, 0.25) is 0 Å². The highest BCUT2D eigenvalue weighted by molar-refractivity contribution is 7.99. The molecule has 3 nitrogen and oxygen atoms in total. The van der Waals surface area contributed by atoms with Crippen LogP contribution in [0.5, 0.6) is 0 Å². The van der Waals surface area contributed by atoms with Crippen molar-refractivity contribution < 1.29 is 13.2 Å². The van der Waals surface area contributed by atoms with E-state index in [-0.39, 0.29) is 12.1 Å². The van der Waals surface area contributed by atoms with Crippen LogP contribution in [0.4, 0.5) is 13.2 Å². The van der Waals surface area contributed by atoms with Crippen LogP contribution in [0.25, 0.3) is 0 Å². The average molecular weight is 313 g/mol. The zero-order valence-electron chi connectivity index (χ0n) is 11.3. The SMILES string of the molecule is CCNCc1ccc(Sc2ccncn2)cc1C(F)(F)F. The maximum atomic E-state index is 13.1. The fraction of sp³-hybridized carbons (Fsp3) is 0.286. The van der Waals surface area contributed by atoms with Crippen molar-refractivity contribution in [3.63, 3.8) is 0 Å². The second kappa shape index (κ2) is 6.91. The molecule has 1 N–H and O–H groups in total. The van der Waals surface area contributed by atoms with Crippen molar-refractivity contribution in [2.75, 3.05) is 6.54 Å². The molecule has 2 rings (SSSR count). The minimum atomic E-state index is -4.37. The van der Waals surface area contributed by atoms with Crippen LogP contribution < -0.4 is 5.32 Å². The van der Waals surface area contributed by atoms with Crippen molar-refractivity contribution in [3.05, 3.63) is 47.9 Å². The third-order valence-corrected chi connectivity index (χ3v) is 3.67. The van der Waals surface area contributed by atoms with Crippen LogP contribution in [-0.4, -0.2) is 16.5 Å². The summed E-state index contributed by atoms with van der Waals surface area (Å²) in [5, 5.41) is 3.53. The van der Waals surface area contributed by atoms with Gasteiger partial charge < -0.3 is 5.32 Å². The standard InChI is InChI=1S/C14H14F3N3S/c1-2-18-8-10-3-4-11(7-12(10)14(15,16)17)21-13-5-6-19-9-20-13/h3-7,9,18H,2,8H2,1H3. The molecule has 0 radical (unpaired) electrons. The van der Waals surface area contributed by atoms with Crippen LogP contribution in [0.1, 0.15) is 18.1 Å². The second-order valence-electron chi connectivity index (χ2n) is 4.25. The van der Waals surface area contributed by atoms with Crippen molar-refractivity contribution in [1.29, 1.82) is 0 Å². The molecule has 1 heterocycles. The third kappa shape index (κ3) is 4.44. The van der Waals surface area contributed by atoms with Crippen LogP contribution in [0.15, 0.2) is 46.7 Å². The predicted molar refractivity (Wildman–Crippen MR) is 75.0 cm³/mol. The summed E-state index contributed by atoms with van der Waals surface area (Å²) in [5.41, 5.74) is -0.362. The first-order chi connectivity index (χ1) is 10.0. The van der Waals surface area contributed by atoms with Crippen molar-refractivity contribution in [2.24, 2.45) is 0 Å². The fourth-order valence-corrected chi connectivity index (χ4v) is 2.54. The summed E-state index contributed by atoms with van der Waals surface area (Å²) in [6, 6.07) is 6.01. The van der Waals surface area contributed by atoms with Gasteiger partial charge in [-0.05, 0) is 30.3 Å². The molecule has 0 atom stereocenters. The molecule has 0 amide bonds. The Morgan fingerprint density at radius 2 is 2.05 bits per heavy atom. The van der Waals surface area contributed by atoms with E-state index in [1.165, 1.54) is 30.2 Å². The number of nitrogens with zero attached hydrogens (tertiary/aromatic N) is 2. The lowest BCUT2D eigenvalue weighted by Gasteiger charge is -2.14. The van der Waals surface area contributed by atoms with Gasteiger partial charge in [0, 0.05) is 17.6 Å². The number of hydrogen-bond acceptors (Lipinski definition) is 4. The van der Waals surface area contributed by atoms with E-state index in [1.807, 2.05) is 6.92 Å². The van der Waals surface area contributed by atoms with E-state index in [4.69, 9.17) is 0 Å². The van der Waals surface area contributed by atoms with E-state index in [2.05, 4.69) is 15.3 Å². The highest BCUT2D eigenvalue weighted by Crippen LogP contribution is 2.36. The molecule has 0 aliphatic rings. The number of hydrogen-bond donors (Lipinski definition) is 1. The van der Waals surface area contributed by atoms with Crippen molar-refractivity contribution >= 4 is 11.8 Å². The molecule has 2 aromatic rings. The van der Waals surface area contributed by atoms with E-state index in [1.54, 1.807) is 18.3 Å². The molecule has 112 valence electrons. The Labute approximate surface area is 125 Å². The fourth-order valence-electron chi connectivity index (χ4n) is 1.76. The van der Waals surface area contributed by atoms with E-state index in [0.717, 1.165) is 0 Å². The molecule has 0 unspecified atom stereocenters. The normalized spacial score (nSPS) is 11.6. The van der Waals surface area contributed by atoms with Gasteiger partial charge in [0.1, 0.15) is 11.4 Å². The Bertz CT molecular complexity index is 588. The molecule has 0 saturated carbocycles. The lowest BCUT2D eigenvalue weighted by Crippen LogP contribution is -2.17. The number of nitrogens with one attached hydrogen (secondary N) is 1. The van der Waals surface area contributed by atoms with E-state index in [0.29, 0.717) is 16.5 Å². The molecular weight excluding hydrogens is 299 g/mol. The Hall–Kier alpha value is -1.60. The molecule has 0 bridgehead atoms. The van der Waals surface area contributed by atoms with Gasteiger partial charge in [-0.1, -0.05) is 24.8 Å². The highest BCUT2D eigenvalue weighted by atomic mass is 32.2. The summed E-state index contributed by atoms with van der Waals surface area (Å²) < 4.78 is 39.4. The monoisotopic (exact) mass is 313 g/mol. The van der Waals surface area contributed by atoms with Crippen LogP contribution in [0.3, 0.4) is 0 Å². The maximum Gasteiger partial charge on any atom is 0.416 e. The van der Waals surface area contributed by atoms with Crippen molar-refractivity contribution in [3.8, 4) is 0 Å². The summed E-state index contributed by atoms with van der Waals surface area (Å²) in [6.45, 7) is 2.67. The molecule has 7 heteroatoms. The zero-order valence-corrected chi connectivity index (χ0v) is 12.1. The van der Waals surface area contributed by atoms with Crippen LogP contribution >= 0.6 is 11.8 Å². The van der Waals surface area contributed by atoms with Crippen molar-refractivity contribution in [1.82, 2.24) is 15.3 Å². The molecule has 0 aliphatic heterocycles. The Kier molecular flexibility index (Phi) is 5.19. The van der Waals surface area contributed by atoms with E-state index >= 15 is 0 Å². The molecular formula is C14H14F3N3S. The first-order valence-electron chi connectivity index (χ1n) is 6.35. The summed E-state index contributed by atoms with van der Waals surface area (Å²) in [4.78, 5) is 8.28. The van der Waals surface area contributed by atoms with Gasteiger partial charge in [0.15, 0.2) is 0 Å². The van der Waals surface area contributed by atoms with E-state index in [9.17, 15) is 13.2 Å². The van der Waals surface area contributed by atoms with E-state index < -0.39 is 11.7 Å². The Morgan fingerprint density at radius 3 is 2.67 bits per heavy atom. The van der Waals surface area contributed by atoms with Gasteiger partial charge >= 0.3 is 6.18 Å². The molecule has 0 spiro atoms. The second-order valence-corrected chi connectivity index (χ2v) is 5.34. The zero-order chi connectivity index (χ0) is 15.3. The maximum absolute atomic E-state index is 13.1. The van der Waals surface area contributed by atoms with Gasteiger partial charge in [-0.3, -0.25) is 0 Å².